The van der Waals surface area contributed by atoms with Crippen LogP contribution in [0, 0.1) is 5.92 Å². The number of Topliss-reactive ketones (excluding diaryl/α,β-unsaturated/α-hetero) is 1. The van der Waals surface area contributed by atoms with Gasteiger partial charge in [-0.1, -0.05) is 37.8 Å². The van der Waals surface area contributed by atoms with Gasteiger partial charge in [-0.15, -0.1) is 0 Å². The Labute approximate surface area is 103 Å². The van der Waals surface area contributed by atoms with Gasteiger partial charge in [0.25, 0.3) is 0 Å². The fraction of sp³-hybridized carbons (Fsp3) is 0.533. The molecule has 0 aromatic heterocycles. The first-order valence-corrected chi connectivity index (χ1v) is 6.47. The Hall–Kier alpha value is -1.31. The van der Waals surface area contributed by atoms with Crippen LogP contribution in [-0.4, -0.2) is 12.9 Å². The number of ether oxygens (including phenoxy) is 1. The zero-order valence-corrected chi connectivity index (χ0v) is 10.4. The van der Waals surface area contributed by atoms with Crippen molar-refractivity contribution in [2.75, 3.05) is 7.11 Å². The summed E-state index contributed by atoms with van der Waals surface area (Å²) in [5, 5.41) is 0. The highest BCUT2D eigenvalue weighted by atomic mass is 16.5. The third kappa shape index (κ3) is 3.32. The smallest absolute Gasteiger partial charge is 0.163 e. The minimum absolute atomic E-state index is 0.246. The molecule has 0 radical (unpaired) electrons. The lowest BCUT2D eigenvalue weighted by atomic mass is 9.97. The molecular formula is C15H20O2. The fourth-order valence-electron chi connectivity index (χ4n) is 2.58. The highest BCUT2D eigenvalue weighted by Gasteiger charge is 2.16. The zero-order valence-electron chi connectivity index (χ0n) is 10.4. The third-order valence-electron chi connectivity index (χ3n) is 3.65. The molecule has 1 aliphatic carbocycles. The molecule has 0 amide bonds. The highest BCUT2D eigenvalue weighted by molar-refractivity contribution is 5.96. The van der Waals surface area contributed by atoms with Crippen molar-refractivity contribution in [2.45, 2.75) is 38.5 Å². The number of ketones is 1. The van der Waals surface area contributed by atoms with Gasteiger partial charge in [-0.25, -0.2) is 0 Å². The molecule has 0 N–H and O–H groups in total. The van der Waals surface area contributed by atoms with E-state index in [-0.39, 0.29) is 5.78 Å². The molecule has 2 nitrogen and oxygen atoms in total. The maximum absolute atomic E-state index is 12.0. The molecule has 0 aliphatic heterocycles. The van der Waals surface area contributed by atoms with Gasteiger partial charge in [-0.2, -0.15) is 0 Å². The van der Waals surface area contributed by atoms with Crippen molar-refractivity contribution in [3.63, 3.8) is 0 Å². The van der Waals surface area contributed by atoms with Crippen LogP contribution in [0.3, 0.4) is 0 Å². The van der Waals surface area contributed by atoms with E-state index >= 15 is 0 Å². The van der Waals surface area contributed by atoms with Gasteiger partial charge in [-0.05, 0) is 24.5 Å². The van der Waals surface area contributed by atoms with E-state index < -0.39 is 0 Å². The first-order chi connectivity index (χ1) is 8.29. The second-order valence-electron chi connectivity index (χ2n) is 4.84. The standard InChI is InChI=1S/C15H20O2/c1-17-14-8-4-7-13(11-14)15(16)10-9-12-5-2-3-6-12/h4,7-8,11-12H,2-3,5-6,9-10H2,1H3. The van der Waals surface area contributed by atoms with Gasteiger partial charge >= 0.3 is 0 Å². The Morgan fingerprint density at radius 1 is 1.35 bits per heavy atom. The van der Waals surface area contributed by atoms with E-state index in [2.05, 4.69) is 0 Å². The maximum Gasteiger partial charge on any atom is 0.163 e. The largest absolute Gasteiger partial charge is 0.497 e. The lowest BCUT2D eigenvalue weighted by molar-refractivity contribution is 0.0973. The van der Waals surface area contributed by atoms with Crippen molar-refractivity contribution in [2.24, 2.45) is 5.92 Å². The molecule has 17 heavy (non-hydrogen) atoms. The van der Waals surface area contributed by atoms with E-state index in [0.29, 0.717) is 6.42 Å². The summed E-state index contributed by atoms with van der Waals surface area (Å²) < 4.78 is 5.13. The van der Waals surface area contributed by atoms with Crippen molar-refractivity contribution in [3.8, 4) is 5.75 Å². The van der Waals surface area contributed by atoms with Crippen molar-refractivity contribution in [1.82, 2.24) is 0 Å². The van der Waals surface area contributed by atoms with Crippen molar-refractivity contribution in [1.29, 1.82) is 0 Å². The Balaban J connectivity index is 1.89. The Morgan fingerprint density at radius 3 is 2.82 bits per heavy atom. The molecule has 2 heteroatoms. The molecule has 2 rings (SSSR count). The number of carbonyl (C=O) groups excluding carboxylic acids is 1. The van der Waals surface area contributed by atoms with Crippen molar-refractivity contribution < 1.29 is 9.53 Å². The molecule has 1 fully saturated rings. The normalized spacial score (nSPS) is 16.1. The third-order valence-corrected chi connectivity index (χ3v) is 3.65. The van der Waals surface area contributed by atoms with E-state index in [1.54, 1.807) is 7.11 Å². The van der Waals surface area contributed by atoms with Gasteiger partial charge in [0, 0.05) is 12.0 Å². The summed E-state index contributed by atoms with van der Waals surface area (Å²) in [7, 11) is 1.63. The molecule has 1 aromatic carbocycles. The summed E-state index contributed by atoms with van der Waals surface area (Å²) in [6.45, 7) is 0. The summed E-state index contributed by atoms with van der Waals surface area (Å²) in [6, 6.07) is 7.45. The Bertz CT molecular complexity index is 378. The average molecular weight is 232 g/mol. The topological polar surface area (TPSA) is 26.3 Å². The quantitative estimate of drug-likeness (QED) is 0.721. The van der Waals surface area contributed by atoms with Crippen LogP contribution < -0.4 is 4.74 Å². The zero-order chi connectivity index (χ0) is 12.1. The summed E-state index contributed by atoms with van der Waals surface area (Å²) in [6.07, 6.45) is 7.04. The van der Waals surface area contributed by atoms with Gasteiger partial charge in [0.1, 0.15) is 5.75 Å². The van der Waals surface area contributed by atoms with Crippen molar-refractivity contribution >= 4 is 5.78 Å². The fourth-order valence-corrected chi connectivity index (χ4v) is 2.58. The van der Waals surface area contributed by atoms with Crippen LogP contribution in [0.25, 0.3) is 0 Å². The molecule has 0 bridgehead atoms. The molecule has 1 saturated carbocycles. The minimum atomic E-state index is 0.246. The Morgan fingerprint density at radius 2 is 2.12 bits per heavy atom. The predicted octanol–water partition coefficient (Wildman–Crippen LogP) is 3.85. The molecule has 0 saturated heterocycles. The van der Waals surface area contributed by atoms with Crippen LogP contribution in [0.5, 0.6) is 5.75 Å². The summed E-state index contributed by atoms with van der Waals surface area (Å²) >= 11 is 0. The number of benzene rings is 1. The number of methoxy groups -OCH3 is 1. The van der Waals surface area contributed by atoms with Gasteiger partial charge in [0.2, 0.25) is 0 Å². The molecule has 0 unspecified atom stereocenters. The molecule has 1 aliphatic rings. The molecule has 0 heterocycles. The number of hydrogen-bond donors (Lipinski definition) is 0. The monoisotopic (exact) mass is 232 g/mol. The highest BCUT2D eigenvalue weighted by Crippen LogP contribution is 2.29. The van der Waals surface area contributed by atoms with Crippen LogP contribution in [0.15, 0.2) is 24.3 Å². The van der Waals surface area contributed by atoms with E-state index in [4.69, 9.17) is 4.74 Å². The average Bonchev–Trinajstić information content (AvgIpc) is 2.89. The lowest BCUT2D eigenvalue weighted by Crippen LogP contribution is -2.03. The van der Waals surface area contributed by atoms with Gasteiger partial charge < -0.3 is 4.74 Å². The van der Waals surface area contributed by atoms with Crippen LogP contribution >= 0.6 is 0 Å². The number of rotatable bonds is 5. The molecule has 1 aromatic rings. The van der Waals surface area contributed by atoms with Crippen LogP contribution in [-0.2, 0) is 0 Å². The first kappa shape index (κ1) is 12.2. The summed E-state index contributed by atoms with van der Waals surface area (Å²) in [5.74, 6) is 1.79. The van der Waals surface area contributed by atoms with E-state index in [0.717, 1.165) is 23.7 Å². The van der Waals surface area contributed by atoms with Crippen molar-refractivity contribution in [3.05, 3.63) is 29.8 Å². The van der Waals surface area contributed by atoms with Crippen LogP contribution in [0.1, 0.15) is 48.9 Å². The Kier molecular flexibility index (Phi) is 4.18. The minimum Gasteiger partial charge on any atom is -0.497 e. The molecule has 92 valence electrons. The van der Waals surface area contributed by atoms with Crippen LogP contribution in [0.2, 0.25) is 0 Å². The summed E-state index contributed by atoms with van der Waals surface area (Å²) in [5.41, 5.74) is 0.780. The molecule has 0 spiro atoms. The number of hydrogen-bond acceptors (Lipinski definition) is 2. The van der Waals surface area contributed by atoms with Crippen LogP contribution in [0.4, 0.5) is 0 Å². The molecular weight excluding hydrogens is 212 g/mol. The second-order valence-corrected chi connectivity index (χ2v) is 4.84. The van der Waals surface area contributed by atoms with E-state index in [9.17, 15) is 4.79 Å². The van der Waals surface area contributed by atoms with Gasteiger partial charge in [0.15, 0.2) is 5.78 Å². The first-order valence-electron chi connectivity index (χ1n) is 6.47. The van der Waals surface area contributed by atoms with E-state index in [1.807, 2.05) is 24.3 Å². The summed E-state index contributed by atoms with van der Waals surface area (Å²) in [4.78, 5) is 12.0. The predicted molar refractivity (Wildman–Crippen MR) is 68.5 cm³/mol. The lowest BCUT2D eigenvalue weighted by Gasteiger charge is -2.08. The van der Waals surface area contributed by atoms with Gasteiger partial charge in [0.05, 0.1) is 7.11 Å². The maximum atomic E-state index is 12.0. The second kappa shape index (κ2) is 5.85. The number of carbonyl (C=O) groups is 1. The van der Waals surface area contributed by atoms with Gasteiger partial charge in [-0.3, -0.25) is 4.79 Å². The molecule has 0 atom stereocenters. The SMILES string of the molecule is COc1cccc(C(=O)CCC2CCCC2)c1. The van der Waals surface area contributed by atoms with E-state index in [1.165, 1.54) is 25.7 Å².